The van der Waals surface area contributed by atoms with Gasteiger partial charge in [-0.25, -0.2) is 0 Å². The van der Waals surface area contributed by atoms with Crippen LogP contribution in [0.2, 0.25) is 5.02 Å². The summed E-state index contributed by atoms with van der Waals surface area (Å²) in [5, 5.41) is 6.57. The quantitative estimate of drug-likeness (QED) is 0.255. The van der Waals surface area contributed by atoms with Crippen LogP contribution < -0.4 is 10.6 Å². The third-order valence-corrected chi connectivity index (χ3v) is 4.57. The minimum Gasteiger partial charge on any atom is -0.354 e. The molecule has 0 heterocycles. The van der Waals surface area contributed by atoms with Gasteiger partial charge in [-0.1, -0.05) is 54.9 Å². The van der Waals surface area contributed by atoms with Gasteiger partial charge < -0.3 is 15.5 Å². The van der Waals surface area contributed by atoms with Crippen LogP contribution in [0, 0.1) is 0 Å². The molecule has 0 atom stereocenters. The van der Waals surface area contributed by atoms with Crippen LogP contribution in [-0.4, -0.2) is 44.0 Å². The Morgan fingerprint density at radius 3 is 2.25 bits per heavy atom. The molecule has 0 radical (unpaired) electrons. The van der Waals surface area contributed by atoms with Gasteiger partial charge in [-0.05, 0) is 29.7 Å². The molecule has 0 fully saturated rings. The lowest BCUT2D eigenvalue weighted by Gasteiger charge is -2.22. The van der Waals surface area contributed by atoms with Gasteiger partial charge in [0.1, 0.15) is 0 Å². The number of halogens is 2. The lowest BCUT2D eigenvalue weighted by molar-refractivity contribution is 0.0954. The van der Waals surface area contributed by atoms with Crippen LogP contribution >= 0.6 is 35.6 Å². The lowest BCUT2D eigenvalue weighted by atomic mass is 10.1. The van der Waals surface area contributed by atoms with Gasteiger partial charge in [0.25, 0.3) is 5.91 Å². The summed E-state index contributed by atoms with van der Waals surface area (Å²) in [6, 6.07) is 15.6. The number of nitrogens with zero attached hydrogens (tertiary/aromatic N) is 2. The molecule has 0 saturated heterocycles. The Hall–Kier alpha value is -1.80. The van der Waals surface area contributed by atoms with Crippen molar-refractivity contribution in [2.75, 3.05) is 27.2 Å². The zero-order valence-corrected chi connectivity index (χ0v) is 19.6. The highest BCUT2D eigenvalue weighted by Gasteiger charge is 2.09. The first-order chi connectivity index (χ1) is 13.0. The van der Waals surface area contributed by atoms with Gasteiger partial charge in [0.05, 0.1) is 10.6 Å². The van der Waals surface area contributed by atoms with Crippen LogP contribution in [0.5, 0.6) is 0 Å². The molecular formula is C21H28ClIN4O. The van der Waals surface area contributed by atoms with Gasteiger partial charge in [-0.3, -0.25) is 9.79 Å². The van der Waals surface area contributed by atoms with Gasteiger partial charge in [-0.2, -0.15) is 0 Å². The van der Waals surface area contributed by atoms with Crippen LogP contribution in [0.1, 0.15) is 28.4 Å². The number of aryl methyl sites for hydroxylation is 1. The fourth-order valence-electron chi connectivity index (χ4n) is 2.70. The predicted molar refractivity (Wildman–Crippen MR) is 128 cm³/mol. The normalized spacial score (nSPS) is 10.8. The van der Waals surface area contributed by atoms with Gasteiger partial charge in [0, 0.05) is 33.7 Å². The van der Waals surface area contributed by atoms with Crippen molar-refractivity contribution in [1.82, 2.24) is 15.5 Å². The van der Waals surface area contributed by atoms with Crippen LogP contribution in [0.4, 0.5) is 0 Å². The van der Waals surface area contributed by atoms with Crippen LogP contribution in [0.3, 0.4) is 0 Å². The van der Waals surface area contributed by atoms with Crippen molar-refractivity contribution in [1.29, 1.82) is 0 Å². The molecule has 0 aliphatic rings. The number of nitrogens with one attached hydrogen (secondary N) is 2. The molecule has 2 aromatic rings. The number of guanidine groups is 1. The number of aliphatic imine (C=N–C) groups is 1. The van der Waals surface area contributed by atoms with E-state index in [0.717, 1.165) is 18.9 Å². The molecule has 0 aliphatic heterocycles. The number of carbonyl (C=O) groups is 1. The zero-order chi connectivity index (χ0) is 19.6. The first-order valence-electron chi connectivity index (χ1n) is 9.07. The molecular weight excluding hydrogens is 487 g/mol. The van der Waals surface area contributed by atoms with Gasteiger partial charge in [0.15, 0.2) is 5.96 Å². The van der Waals surface area contributed by atoms with Gasteiger partial charge in [0.2, 0.25) is 0 Å². The summed E-state index contributed by atoms with van der Waals surface area (Å²) < 4.78 is 0. The maximum absolute atomic E-state index is 12.1. The van der Waals surface area contributed by atoms with Crippen molar-refractivity contribution in [3.63, 3.8) is 0 Å². The van der Waals surface area contributed by atoms with Crippen molar-refractivity contribution in [3.05, 3.63) is 70.2 Å². The minimum absolute atomic E-state index is 0. The number of carbonyl (C=O) groups excluding carboxylic acids is 1. The third kappa shape index (κ3) is 7.31. The second-order valence-corrected chi connectivity index (χ2v) is 6.64. The smallest absolute Gasteiger partial charge is 0.252 e. The molecule has 2 rings (SSSR count). The molecule has 0 aromatic heterocycles. The second-order valence-electron chi connectivity index (χ2n) is 6.24. The highest BCUT2D eigenvalue weighted by Crippen LogP contribution is 2.14. The van der Waals surface area contributed by atoms with Crippen molar-refractivity contribution < 1.29 is 4.79 Å². The molecule has 2 N–H and O–H groups in total. The van der Waals surface area contributed by atoms with E-state index in [-0.39, 0.29) is 29.9 Å². The summed E-state index contributed by atoms with van der Waals surface area (Å²) in [7, 11) is 3.74. The van der Waals surface area contributed by atoms with E-state index in [1.165, 1.54) is 11.1 Å². The van der Waals surface area contributed by atoms with Crippen molar-refractivity contribution in [2.24, 2.45) is 4.99 Å². The summed E-state index contributed by atoms with van der Waals surface area (Å²) in [6.45, 7) is 3.96. The number of rotatable bonds is 7. The maximum Gasteiger partial charge on any atom is 0.252 e. The standard InChI is InChI=1S/C21H27ClN4O.HI/c1-4-16-9-11-17(12-10-16)15-26(3)21(23-2)25-14-13-24-20(27)18-7-5-6-8-19(18)22;/h5-12H,4,13-15H2,1-3H3,(H,23,25)(H,24,27);1H. The summed E-state index contributed by atoms with van der Waals surface area (Å²) in [5.74, 6) is 0.600. The molecule has 7 heteroatoms. The highest BCUT2D eigenvalue weighted by atomic mass is 127. The van der Waals surface area contributed by atoms with E-state index >= 15 is 0 Å². The van der Waals surface area contributed by atoms with Crippen molar-refractivity contribution in [3.8, 4) is 0 Å². The van der Waals surface area contributed by atoms with Crippen molar-refractivity contribution >= 4 is 47.4 Å². The molecule has 2 aromatic carbocycles. The van der Waals surface area contributed by atoms with E-state index in [9.17, 15) is 4.79 Å². The van der Waals surface area contributed by atoms with E-state index in [1.807, 2.05) is 7.05 Å². The first kappa shape index (κ1) is 24.2. The molecule has 0 saturated carbocycles. The van der Waals surface area contributed by atoms with Gasteiger partial charge in [-0.15, -0.1) is 24.0 Å². The Morgan fingerprint density at radius 1 is 1.04 bits per heavy atom. The predicted octanol–water partition coefficient (Wildman–Crippen LogP) is 3.96. The summed E-state index contributed by atoms with van der Waals surface area (Å²) in [6.07, 6.45) is 1.04. The Labute approximate surface area is 189 Å². The Bertz CT molecular complexity index is 780. The van der Waals surface area contributed by atoms with E-state index < -0.39 is 0 Å². The molecule has 0 aliphatic carbocycles. The van der Waals surface area contributed by atoms with Crippen LogP contribution in [-0.2, 0) is 13.0 Å². The maximum atomic E-state index is 12.1. The topological polar surface area (TPSA) is 56.7 Å². The van der Waals surface area contributed by atoms with Crippen LogP contribution in [0.25, 0.3) is 0 Å². The van der Waals surface area contributed by atoms with E-state index in [2.05, 4.69) is 51.7 Å². The Balaban J connectivity index is 0.00000392. The first-order valence-corrected chi connectivity index (χ1v) is 9.45. The fourth-order valence-corrected chi connectivity index (χ4v) is 2.93. The number of hydrogen-bond acceptors (Lipinski definition) is 2. The monoisotopic (exact) mass is 514 g/mol. The highest BCUT2D eigenvalue weighted by molar-refractivity contribution is 14.0. The lowest BCUT2D eigenvalue weighted by Crippen LogP contribution is -2.42. The molecule has 5 nitrogen and oxygen atoms in total. The second kappa shape index (κ2) is 12.6. The molecule has 1 amide bonds. The summed E-state index contributed by atoms with van der Waals surface area (Å²) in [4.78, 5) is 18.5. The molecule has 152 valence electrons. The van der Waals surface area contributed by atoms with E-state index in [0.29, 0.717) is 23.7 Å². The zero-order valence-electron chi connectivity index (χ0n) is 16.5. The number of amides is 1. The molecule has 0 spiro atoms. The summed E-state index contributed by atoms with van der Waals surface area (Å²) in [5.41, 5.74) is 3.04. The average Bonchev–Trinajstić information content (AvgIpc) is 2.68. The fraction of sp³-hybridized carbons (Fsp3) is 0.333. The SMILES string of the molecule is CCc1ccc(CN(C)C(=NC)NCCNC(=O)c2ccccc2Cl)cc1.I. The minimum atomic E-state index is -0.179. The number of hydrogen-bond donors (Lipinski definition) is 2. The largest absolute Gasteiger partial charge is 0.354 e. The third-order valence-electron chi connectivity index (χ3n) is 4.24. The number of benzene rings is 2. The van der Waals surface area contributed by atoms with E-state index in [4.69, 9.17) is 11.6 Å². The molecule has 0 bridgehead atoms. The Morgan fingerprint density at radius 2 is 1.64 bits per heavy atom. The Kier molecular flexibility index (Phi) is 10.9. The van der Waals surface area contributed by atoms with Crippen molar-refractivity contribution in [2.45, 2.75) is 19.9 Å². The molecule has 0 unspecified atom stereocenters. The molecule has 28 heavy (non-hydrogen) atoms. The van der Waals surface area contributed by atoms with E-state index in [1.54, 1.807) is 31.3 Å². The van der Waals surface area contributed by atoms with Crippen LogP contribution in [0.15, 0.2) is 53.5 Å². The average molecular weight is 515 g/mol. The van der Waals surface area contributed by atoms with Gasteiger partial charge >= 0.3 is 0 Å². The summed E-state index contributed by atoms with van der Waals surface area (Å²) >= 11 is 6.04.